The Labute approximate surface area is 142 Å². The van der Waals surface area contributed by atoms with Crippen LogP contribution in [0.5, 0.6) is 5.75 Å². The van der Waals surface area contributed by atoms with Gasteiger partial charge in [0, 0.05) is 37.2 Å². The van der Waals surface area contributed by atoms with Gasteiger partial charge < -0.3 is 4.74 Å². The topological polar surface area (TPSA) is 55.6 Å². The number of ether oxygens (including phenoxy) is 1. The van der Waals surface area contributed by atoms with Crippen molar-refractivity contribution in [2.24, 2.45) is 0 Å². The Balaban J connectivity index is 1.77. The highest BCUT2D eigenvalue weighted by molar-refractivity contribution is 5.67. The van der Waals surface area contributed by atoms with Gasteiger partial charge in [-0.3, -0.25) is 15.0 Å². The third-order valence-electron chi connectivity index (χ3n) is 5.64. The Bertz CT molecular complexity index is 679. The van der Waals surface area contributed by atoms with Crippen LogP contribution >= 0.6 is 0 Å². The van der Waals surface area contributed by atoms with Gasteiger partial charge in [0.05, 0.1) is 4.92 Å². The predicted molar refractivity (Wildman–Crippen MR) is 92.9 cm³/mol. The van der Waals surface area contributed by atoms with Crippen molar-refractivity contribution in [2.45, 2.75) is 57.1 Å². The van der Waals surface area contributed by atoms with Crippen LogP contribution in [0, 0.1) is 10.1 Å². The summed E-state index contributed by atoms with van der Waals surface area (Å²) in [6.45, 7) is 2.17. The third-order valence-corrected chi connectivity index (χ3v) is 5.64. The first-order valence-electron chi connectivity index (χ1n) is 9.13. The lowest BCUT2D eigenvalue weighted by Crippen LogP contribution is -2.56. The standard InChI is InChI=1S/C19H24N2O3/c22-21(23)17-8-9-18-15(14-17)13-16-7-3-1-4-10-19(16,24-18)20-11-5-2-6-12-20/h8-9,13-14H,1-7,10-12H2. The summed E-state index contributed by atoms with van der Waals surface area (Å²) in [5.74, 6) is 0.789. The average molecular weight is 328 g/mol. The Morgan fingerprint density at radius 2 is 1.88 bits per heavy atom. The molecule has 0 amide bonds. The van der Waals surface area contributed by atoms with Crippen LogP contribution in [0.2, 0.25) is 0 Å². The summed E-state index contributed by atoms with van der Waals surface area (Å²) in [7, 11) is 0. The van der Waals surface area contributed by atoms with E-state index in [9.17, 15) is 10.1 Å². The zero-order valence-electron chi connectivity index (χ0n) is 14.0. The summed E-state index contributed by atoms with van der Waals surface area (Å²) in [5, 5.41) is 11.1. The quantitative estimate of drug-likeness (QED) is 0.592. The van der Waals surface area contributed by atoms with Gasteiger partial charge >= 0.3 is 0 Å². The first-order valence-corrected chi connectivity index (χ1v) is 9.13. The largest absolute Gasteiger partial charge is 0.468 e. The molecular weight excluding hydrogens is 304 g/mol. The molecule has 0 N–H and O–H groups in total. The maximum Gasteiger partial charge on any atom is 0.270 e. The van der Waals surface area contributed by atoms with Gasteiger partial charge in [-0.2, -0.15) is 0 Å². The smallest absolute Gasteiger partial charge is 0.270 e. The van der Waals surface area contributed by atoms with E-state index in [0.717, 1.165) is 37.2 Å². The number of rotatable bonds is 2. The molecule has 2 fully saturated rings. The van der Waals surface area contributed by atoms with Crippen LogP contribution in [0.4, 0.5) is 5.69 Å². The second kappa shape index (κ2) is 6.20. The highest BCUT2D eigenvalue weighted by Gasteiger charge is 2.45. The normalized spacial score (nSPS) is 27.2. The molecule has 1 aromatic carbocycles. The fourth-order valence-electron chi connectivity index (χ4n) is 4.42. The Kier molecular flexibility index (Phi) is 4.04. The van der Waals surface area contributed by atoms with Crippen LogP contribution in [0.25, 0.3) is 6.08 Å². The molecule has 1 saturated carbocycles. The minimum Gasteiger partial charge on any atom is -0.468 e. The van der Waals surface area contributed by atoms with E-state index in [0.29, 0.717) is 0 Å². The molecule has 1 unspecified atom stereocenters. The van der Waals surface area contributed by atoms with Gasteiger partial charge in [-0.15, -0.1) is 0 Å². The van der Waals surface area contributed by atoms with E-state index >= 15 is 0 Å². The van der Waals surface area contributed by atoms with E-state index in [1.807, 2.05) is 0 Å². The van der Waals surface area contributed by atoms with Crippen molar-refractivity contribution in [3.8, 4) is 5.75 Å². The first kappa shape index (κ1) is 15.6. The van der Waals surface area contributed by atoms with E-state index in [4.69, 9.17) is 4.74 Å². The van der Waals surface area contributed by atoms with Gasteiger partial charge in [-0.05, 0) is 49.8 Å². The van der Waals surface area contributed by atoms with Crippen molar-refractivity contribution < 1.29 is 9.66 Å². The number of fused-ring (bicyclic) bond motifs is 2. The van der Waals surface area contributed by atoms with Gasteiger partial charge in [-0.1, -0.05) is 12.8 Å². The van der Waals surface area contributed by atoms with Crippen molar-refractivity contribution in [2.75, 3.05) is 13.1 Å². The number of non-ortho nitro benzene ring substituents is 1. The maximum absolute atomic E-state index is 11.1. The molecule has 1 atom stereocenters. The summed E-state index contributed by atoms with van der Waals surface area (Å²) in [5.41, 5.74) is 1.98. The Morgan fingerprint density at radius 3 is 2.67 bits per heavy atom. The number of nitrogens with zero attached hydrogens (tertiary/aromatic N) is 2. The van der Waals surface area contributed by atoms with Crippen LogP contribution in [0.3, 0.4) is 0 Å². The molecule has 1 aliphatic carbocycles. The van der Waals surface area contributed by atoms with Gasteiger partial charge in [0.25, 0.3) is 5.69 Å². The van der Waals surface area contributed by atoms with Crippen LogP contribution in [0.15, 0.2) is 23.8 Å². The Hall–Kier alpha value is -1.88. The second-order valence-electron chi connectivity index (χ2n) is 7.14. The summed E-state index contributed by atoms with van der Waals surface area (Å²) in [4.78, 5) is 13.3. The van der Waals surface area contributed by atoms with Crippen molar-refractivity contribution in [3.05, 3.63) is 39.4 Å². The molecule has 2 heterocycles. The summed E-state index contributed by atoms with van der Waals surface area (Å²) < 4.78 is 6.61. The first-order chi connectivity index (χ1) is 11.7. The average Bonchev–Trinajstić information content (AvgIpc) is 2.82. The predicted octanol–water partition coefficient (Wildman–Crippen LogP) is 4.52. The van der Waals surface area contributed by atoms with E-state index in [2.05, 4.69) is 11.0 Å². The summed E-state index contributed by atoms with van der Waals surface area (Å²) >= 11 is 0. The molecule has 3 aliphatic rings. The molecule has 5 heteroatoms. The van der Waals surface area contributed by atoms with Gasteiger partial charge in [0.15, 0.2) is 5.72 Å². The highest BCUT2D eigenvalue weighted by Crippen LogP contribution is 2.46. The zero-order chi connectivity index (χ0) is 16.6. The molecule has 24 heavy (non-hydrogen) atoms. The van der Waals surface area contributed by atoms with Crippen LogP contribution < -0.4 is 4.74 Å². The van der Waals surface area contributed by atoms with Crippen LogP contribution in [-0.4, -0.2) is 28.6 Å². The molecule has 1 aromatic rings. The van der Waals surface area contributed by atoms with Crippen molar-refractivity contribution in [1.82, 2.24) is 4.90 Å². The van der Waals surface area contributed by atoms with E-state index in [1.165, 1.54) is 44.1 Å². The summed E-state index contributed by atoms with van der Waals surface area (Å²) in [6, 6.07) is 4.98. The number of hydrogen-bond acceptors (Lipinski definition) is 4. The van der Waals surface area contributed by atoms with E-state index < -0.39 is 0 Å². The Morgan fingerprint density at radius 1 is 1.08 bits per heavy atom. The highest BCUT2D eigenvalue weighted by atomic mass is 16.6. The second-order valence-corrected chi connectivity index (χ2v) is 7.14. The maximum atomic E-state index is 11.1. The van der Waals surface area contributed by atoms with Crippen molar-refractivity contribution in [1.29, 1.82) is 0 Å². The molecular formula is C19H24N2O3. The van der Waals surface area contributed by atoms with Crippen molar-refractivity contribution in [3.63, 3.8) is 0 Å². The molecule has 0 spiro atoms. The molecule has 0 bridgehead atoms. The van der Waals surface area contributed by atoms with Crippen LogP contribution in [0.1, 0.15) is 56.9 Å². The van der Waals surface area contributed by atoms with Crippen molar-refractivity contribution >= 4 is 11.8 Å². The number of likely N-dealkylation sites (tertiary alicyclic amines) is 1. The zero-order valence-corrected chi connectivity index (χ0v) is 14.0. The molecule has 1 saturated heterocycles. The summed E-state index contributed by atoms with van der Waals surface area (Å²) in [6.07, 6.45) is 11.6. The lowest BCUT2D eigenvalue weighted by atomic mass is 9.89. The molecule has 4 rings (SSSR count). The van der Waals surface area contributed by atoms with Gasteiger partial charge in [0.1, 0.15) is 5.75 Å². The molecule has 0 aromatic heterocycles. The van der Waals surface area contributed by atoms with Crippen LogP contribution in [-0.2, 0) is 0 Å². The number of benzene rings is 1. The molecule has 0 radical (unpaired) electrons. The molecule has 128 valence electrons. The lowest BCUT2D eigenvalue weighted by molar-refractivity contribution is -0.384. The van der Waals surface area contributed by atoms with E-state index in [1.54, 1.807) is 18.2 Å². The fourth-order valence-corrected chi connectivity index (χ4v) is 4.42. The SMILES string of the molecule is O=[N+]([O-])c1ccc2c(c1)C=C1CCCCCC1(N1CCCCC1)O2. The van der Waals surface area contributed by atoms with E-state index in [-0.39, 0.29) is 16.3 Å². The van der Waals surface area contributed by atoms with Gasteiger partial charge in [-0.25, -0.2) is 0 Å². The monoisotopic (exact) mass is 328 g/mol. The lowest BCUT2D eigenvalue weighted by Gasteiger charge is -2.48. The number of piperidine rings is 1. The fraction of sp³-hybridized carbons (Fsp3) is 0.579. The van der Waals surface area contributed by atoms with Gasteiger partial charge in [0.2, 0.25) is 0 Å². The number of hydrogen-bond donors (Lipinski definition) is 0. The minimum absolute atomic E-state index is 0.133. The third kappa shape index (κ3) is 2.61. The molecule has 5 nitrogen and oxygen atoms in total. The number of nitro groups is 1. The molecule has 2 aliphatic heterocycles. The minimum atomic E-state index is -0.335. The number of nitro benzene ring substituents is 1.